The predicted octanol–water partition coefficient (Wildman–Crippen LogP) is 3.47. The minimum atomic E-state index is -0.554. The topological polar surface area (TPSA) is 71.1 Å². The number of carbonyl (C=O) groups is 2. The molecule has 184 valence electrons. The SMILES string of the molecule is CC(C)(C)OC(=O)NC(CCC(=O)N1CCN(CC2CCOCC2)CC1)Cc1ccccc1. The molecule has 2 saturated heterocycles. The Labute approximate surface area is 198 Å². The first-order valence-electron chi connectivity index (χ1n) is 12.4. The summed E-state index contributed by atoms with van der Waals surface area (Å²) < 4.78 is 10.9. The first-order chi connectivity index (χ1) is 15.8. The second-order valence-corrected chi connectivity index (χ2v) is 10.3. The van der Waals surface area contributed by atoms with Gasteiger partial charge in [-0.2, -0.15) is 0 Å². The minimum Gasteiger partial charge on any atom is -0.444 e. The molecule has 7 nitrogen and oxygen atoms in total. The molecule has 1 atom stereocenters. The van der Waals surface area contributed by atoms with Crippen LogP contribution in [0.15, 0.2) is 30.3 Å². The summed E-state index contributed by atoms with van der Waals surface area (Å²) in [5.41, 5.74) is 0.578. The van der Waals surface area contributed by atoms with E-state index in [-0.39, 0.29) is 11.9 Å². The molecule has 2 fully saturated rings. The van der Waals surface area contributed by atoms with Gasteiger partial charge in [0.2, 0.25) is 5.91 Å². The van der Waals surface area contributed by atoms with E-state index in [0.29, 0.717) is 19.3 Å². The first kappa shape index (κ1) is 25.5. The van der Waals surface area contributed by atoms with Gasteiger partial charge >= 0.3 is 6.09 Å². The van der Waals surface area contributed by atoms with Gasteiger partial charge in [0.25, 0.3) is 0 Å². The molecule has 1 N–H and O–H groups in total. The van der Waals surface area contributed by atoms with Crippen molar-refractivity contribution in [1.29, 1.82) is 0 Å². The van der Waals surface area contributed by atoms with Crippen molar-refractivity contribution in [3.8, 4) is 0 Å². The molecule has 2 aliphatic heterocycles. The third kappa shape index (κ3) is 9.33. The van der Waals surface area contributed by atoms with Gasteiger partial charge in [-0.15, -0.1) is 0 Å². The van der Waals surface area contributed by atoms with Gasteiger partial charge < -0.3 is 19.7 Å². The molecule has 1 unspecified atom stereocenters. The molecule has 2 heterocycles. The lowest BCUT2D eigenvalue weighted by atomic mass is 9.99. The smallest absolute Gasteiger partial charge is 0.407 e. The van der Waals surface area contributed by atoms with Crippen molar-refractivity contribution in [2.45, 2.75) is 64.5 Å². The van der Waals surface area contributed by atoms with Crippen molar-refractivity contribution in [2.75, 3.05) is 45.9 Å². The summed E-state index contributed by atoms with van der Waals surface area (Å²) in [5, 5.41) is 2.98. The fourth-order valence-electron chi connectivity index (χ4n) is 4.53. The first-order valence-corrected chi connectivity index (χ1v) is 12.4. The summed E-state index contributed by atoms with van der Waals surface area (Å²) in [5.74, 6) is 0.892. The van der Waals surface area contributed by atoms with Crippen molar-refractivity contribution >= 4 is 12.0 Å². The van der Waals surface area contributed by atoms with Crippen LogP contribution in [0.25, 0.3) is 0 Å². The monoisotopic (exact) mass is 459 g/mol. The number of carbonyl (C=O) groups excluding carboxylic acids is 2. The summed E-state index contributed by atoms with van der Waals surface area (Å²) in [6, 6.07) is 9.90. The van der Waals surface area contributed by atoms with Crippen LogP contribution in [-0.2, 0) is 20.7 Å². The minimum absolute atomic E-state index is 0.152. The highest BCUT2D eigenvalue weighted by atomic mass is 16.6. The highest BCUT2D eigenvalue weighted by Gasteiger charge is 2.25. The summed E-state index contributed by atoms with van der Waals surface area (Å²) in [6.45, 7) is 11.9. The van der Waals surface area contributed by atoms with Crippen molar-refractivity contribution < 1.29 is 19.1 Å². The maximum absolute atomic E-state index is 12.9. The number of hydrogen-bond donors (Lipinski definition) is 1. The second-order valence-electron chi connectivity index (χ2n) is 10.3. The Bertz CT molecular complexity index is 736. The number of rotatable bonds is 8. The van der Waals surface area contributed by atoms with Crippen LogP contribution in [0.2, 0.25) is 0 Å². The van der Waals surface area contributed by atoms with Crippen LogP contribution < -0.4 is 5.32 Å². The van der Waals surface area contributed by atoms with Crippen molar-refractivity contribution in [3.63, 3.8) is 0 Å². The van der Waals surface area contributed by atoms with Gasteiger partial charge in [0.15, 0.2) is 0 Å². The molecule has 2 amide bonds. The lowest BCUT2D eigenvalue weighted by Crippen LogP contribution is -2.50. The van der Waals surface area contributed by atoms with Gasteiger partial charge in [-0.05, 0) is 57.9 Å². The van der Waals surface area contributed by atoms with Gasteiger partial charge in [0, 0.05) is 58.4 Å². The zero-order chi connectivity index (χ0) is 23.7. The van der Waals surface area contributed by atoms with Crippen LogP contribution in [0.5, 0.6) is 0 Å². The highest BCUT2D eigenvalue weighted by Crippen LogP contribution is 2.18. The van der Waals surface area contributed by atoms with Crippen molar-refractivity contribution in [2.24, 2.45) is 5.92 Å². The highest BCUT2D eigenvalue weighted by molar-refractivity contribution is 5.76. The quantitative estimate of drug-likeness (QED) is 0.645. The standard InChI is InChI=1S/C26H41N3O4/c1-26(2,3)33-25(31)27-23(19-21-7-5-4-6-8-21)9-10-24(30)29-15-13-28(14-16-29)20-22-11-17-32-18-12-22/h4-8,22-23H,9-20H2,1-3H3,(H,27,31). The van der Waals surface area contributed by atoms with Gasteiger partial charge in [0.1, 0.15) is 5.60 Å². The van der Waals surface area contributed by atoms with Crippen LogP contribution >= 0.6 is 0 Å². The number of amides is 2. The average molecular weight is 460 g/mol. The Hall–Kier alpha value is -2.12. The zero-order valence-corrected chi connectivity index (χ0v) is 20.6. The molecule has 0 aliphatic carbocycles. The van der Waals surface area contributed by atoms with E-state index in [9.17, 15) is 9.59 Å². The number of alkyl carbamates (subject to hydrolysis) is 1. The van der Waals surface area contributed by atoms with E-state index in [1.165, 1.54) is 0 Å². The van der Waals surface area contributed by atoms with Gasteiger partial charge in [-0.3, -0.25) is 9.69 Å². The van der Waals surface area contributed by atoms with E-state index in [4.69, 9.17) is 9.47 Å². The normalized spacial score (nSPS) is 19.2. The van der Waals surface area contributed by atoms with E-state index >= 15 is 0 Å². The van der Waals surface area contributed by atoms with Gasteiger partial charge in [-0.1, -0.05) is 30.3 Å². The molecule has 33 heavy (non-hydrogen) atoms. The molecular formula is C26H41N3O4. The maximum Gasteiger partial charge on any atom is 0.407 e. The van der Waals surface area contributed by atoms with Crippen LogP contribution in [0.4, 0.5) is 4.79 Å². The van der Waals surface area contributed by atoms with Gasteiger partial charge in [-0.25, -0.2) is 4.79 Å². The average Bonchev–Trinajstić information content (AvgIpc) is 2.78. The zero-order valence-electron chi connectivity index (χ0n) is 20.6. The Morgan fingerprint density at radius 3 is 2.39 bits per heavy atom. The Morgan fingerprint density at radius 2 is 1.76 bits per heavy atom. The van der Waals surface area contributed by atoms with E-state index in [1.807, 2.05) is 56.0 Å². The number of hydrogen-bond acceptors (Lipinski definition) is 5. The van der Waals surface area contributed by atoms with Crippen LogP contribution in [0.1, 0.15) is 52.0 Å². The van der Waals surface area contributed by atoms with Crippen LogP contribution in [-0.4, -0.2) is 79.4 Å². The molecule has 1 aromatic carbocycles. The second kappa shape index (κ2) is 12.4. The molecule has 0 radical (unpaired) electrons. The van der Waals surface area contributed by atoms with Crippen molar-refractivity contribution in [3.05, 3.63) is 35.9 Å². The number of piperazine rings is 1. The van der Waals surface area contributed by atoms with E-state index in [1.54, 1.807) is 0 Å². The fraction of sp³-hybridized carbons (Fsp3) is 0.692. The van der Waals surface area contributed by atoms with E-state index in [2.05, 4.69) is 10.2 Å². The molecule has 1 aromatic rings. The lowest BCUT2D eigenvalue weighted by molar-refractivity contribution is -0.133. The molecule has 3 rings (SSSR count). The predicted molar refractivity (Wildman–Crippen MR) is 129 cm³/mol. The number of benzene rings is 1. The largest absolute Gasteiger partial charge is 0.444 e. The van der Waals surface area contributed by atoms with Gasteiger partial charge in [0.05, 0.1) is 0 Å². The van der Waals surface area contributed by atoms with Crippen LogP contribution in [0, 0.1) is 5.92 Å². The number of nitrogens with one attached hydrogen (secondary N) is 1. The molecule has 2 aliphatic rings. The molecule has 0 bridgehead atoms. The fourth-order valence-corrected chi connectivity index (χ4v) is 4.53. The third-order valence-electron chi connectivity index (χ3n) is 6.33. The number of ether oxygens (including phenoxy) is 2. The summed E-state index contributed by atoms with van der Waals surface area (Å²) >= 11 is 0. The van der Waals surface area contributed by atoms with E-state index in [0.717, 1.165) is 70.3 Å². The summed E-state index contributed by atoms with van der Waals surface area (Å²) in [4.78, 5) is 29.7. The molecular weight excluding hydrogens is 418 g/mol. The molecule has 0 saturated carbocycles. The Kier molecular flexibility index (Phi) is 9.56. The summed E-state index contributed by atoms with van der Waals surface area (Å²) in [7, 11) is 0. The Morgan fingerprint density at radius 1 is 1.09 bits per heavy atom. The lowest BCUT2D eigenvalue weighted by Gasteiger charge is -2.37. The third-order valence-corrected chi connectivity index (χ3v) is 6.33. The number of nitrogens with zero attached hydrogens (tertiary/aromatic N) is 2. The molecule has 0 aromatic heterocycles. The Balaban J connectivity index is 1.46. The van der Waals surface area contributed by atoms with E-state index < -0.39 is 11.7 Å². The van der Waals surface area contributed by atoms with Crippen LogP contribution in [0.3, 0.4) is 0 Å². The molecule has 0 spiro atoms. The van der Waals surface area contributed by atoms with Crippen molar-refractivity contribution in [1.82, 2.24) is 15.1 Å². The summed E-state index contributed by atoms with van der Waals surface area (Å²) in [6.07, 6.45) is 3.55. The maximum atomic E-state index is 12.9. The molecule has 7 heteroatoms.